The lowest BCUT2D eigenvalue weighted by Gasteiger charge is -2.15. The number of hydrogen-bond acceptors (Lipinski definition) is 3. The van der Waals surface area contributed by atoms with E-state index in [1.807, 2.05) is 60.7 Å². The molecule has 2 N–H and O–H groups in total. The Bertz CT molecular complexity index is 722. The molecule has 0 aliphatic rings. The van der Waals surface area contributed by atoms with Gasteiger partial charge in [0.25, 0.3) is 0 Å². The molecule has 0 aliphatic heterocycles. The highest BCUT2D eigenvalue weighted by Gasteiger charge is 2.05. The minimum atomic E-state index is -0.627. The Labute approximate surface area is 130 Å². The van der Waals surface area contributed by atoms with Crippen molar-refractivity contribution in [1.82, 2.24) is 0 Å². The van der Waals surface area contributed by atoms with Crippen LogP contribution in [0.15, 0.2) is 72.8 Å². The molecule has 0 fully saturated rings. The lowest BCUT2D eigenvalue weighted by atomic mass is 10.1. The predicted molar refractivity (Wildman–Crippen MR) is 90.1 cm³/mol. The van der Waals surface area contributed by atoms with Crippen molar-refractivity contribution >= 4 is 16.5 Å². The summed E-state index contributed by atoms with van der Waals surface area (Å²) in [6, 6.07) is 23.8. The Morgan fingerprint density at radius 1 is 0.864 bits per heavy atom. The second-order valence-corrected chi connectivity index (χ2v) is 5.14. The maximum absolute atomic E-state index is 10.0. The minimum absolute atomic E-state index is 0.453. The Balaban J connectivity index is 1.56. The van der Waals surface area contributed by atoms with Crippen molar-refractivity contribution in [3.8, 4) is 5.75 Å². The standard InChI is InChI=1S/C19H19NO2/c21-19(20-16-9-2-1-3-10-16)13-14-22-18-12-6-8-15-7-4-5-11-17(15)18/h1-12,19-21H,13-14H2. The van der Waals surface area contributed by atoms with E-state index < -0.39 is 6.23 Å². The molecule has 0 heterocycles. The molecule has 1 unspecified atom stereocenters. The summed E-state index contributed by atoms with van der Waals surface area (Å²) in [4.78, 5) is 0. The van der Waals surface area contributed by atoms with Gasteiger partial charge in [0.1, 0.15) is 12.0 Å². The third-order valence-corrected chi connectivity index (χ3v) is 3.51. The first-order valence-electron chi connectivity index (χ1n) is 7.43. The van der Waals surface area contributed by atoms with E-state index in [1.165, 1.54) is 0 Å². The van der Waals surface area contributed by atoms with Crippen LogP contribution in [0, 0.1) is 0 Å². The van der Waals surface area contributed by atoms with Gasteiger partial charge >= 0.3 is 0 Å². The van der Waals surface area contributed by atoms with Crippen molar-refractivity contribution in [2.24, 2.45) is 0 Å². The lowest BCUT2D eigenvalue weighted by Crippen LogP contribution is -2.21. The second-order valence-electron chi connectivity index (χ2n) is 5.14. The maximum atomic E-state index is 10.0. The highest BCUT2D eigenvalue weighted by atomic mass is 16.5. The van der Waals surface area contributed by atoms with Crippen LogP contribution in [0.2, 0.25) is 0 Å². The SMILES string of the molecule is OC(CCOc1cccc2ccccc12)Nc1ccccc1. The summed E-state index contributed by atoms with van der Waals surface area (Å²) in [6.07, 6.45) is -0.115. The van der Waals surface area contributed by atoms with Gasteiger partial charge < -0.3 is 15.2 Å². The highest BCUT2D eigenvalue weighted by molar-refractivity contribution is 5.88. The number of aliphatic hydroxyl groups is 1. The molecule has 3 rings (SSSR count). The van der Waals surface area contributed by atoms with E-state index in [9.17, 15) is 5.11 Å². The van der Waals surface area contributed by atoms with E-state index in [-0.39, 0.29) is 0 Å². The lowest BCUT2D eigenvalue weighted by molar-refractivity contribution is 0.163. The number of aliphatic hydroxyl groups excluding tert-OH is 1. The molecule has 112 valence electrons. The Morgan fingerprint density at radius 2 is 1.59 bits per heavy atom. The smallest absolute Gasteiger partial charge is 0.127 e. The van der Waals surface area contributed by atoms with Gasteiger partial charge in [0.15, 0.2) is 0 Å². The molecule has 0 radical (unpaired) electrons. The summed E-state index contributed by atoms with van der Waals surface area (Å²) in [5.74, 6) is 0.852. The van der Waals surface area contributed by atoms with Crippen LogP contribution in [0.25, 0.3) is 10.8 Å². The quantitative estimate of drug-likeness (QED) is 0.674. The predicted octanol–water partition coefficient (Wildman–Crippen LogP) is 4.04. The third-order valence-electron chi connectivity index (χ3n) is 3.51. The molecule has 0 aromatic heterocycles. The van der Waals surface area contributed by atoms with Gasteiger partial charge in [0.05, 0.1) is 6.61 Å². The van der Waals surface area contributed by atoms with Crippen molar-refractivity contribution < 1.29 is 9.84 Å². The fourth-order valence-electron chi connectivity index (χ4n) is 2.40. The molecule has 3 aromatic carbocycles. The van der Waals surface area contributed by atoms with Crippen LogP contribution in [0.3, 0.4) is 0 Å². The number of para-hydroxylation sites is 1. The minimum Gasteiger partial charge on any atom is -0.493 e. The van der Waals surface area contributed by atoms with Crippen LogP contribution in [-0.4, -0.2) is 17.9 Å². The molecule has 3 nitrogen and oxygen atoms in total. The van der Waals surface area contributed by atoms with Crippen LogP contribution < -0.4 is 10.1 Å². The summed E-state index contributed by atoms with van der Waals surface area (Å²) in [5.41, 5.74) is 0.903. The Kier molecular flexibility index (Phi) is 4.56. The first kappa shape index (κ1) is 14.4. The van der Waals surface area contributed by atoms with Crippen molar-refractivity contribution in [3.63, 3.8) is 0 Å². The topological polar surface area (TPSA) is 41.5 Å². The first-order valence-corrected chi connectivity index (χ1v) is 7.43. The number of hydrogen-bond donors (Lipinski definition) is 2. The number of fused-ring (bicyclic) bond motifs is 1. The van der Waals surface area contributed by atoms with Gasteiger partial charge in [-0.1, -0.05) is 54.6 Å². The molecule has 0 saturated carbocycles. The van der Waals surface area contributed by atoms with Crippen LogP contribution >= 0.6 is 0 Å². The number of anilines is 1. The molecule has 22 heavy (non-hydrogen) atoms. The molecule has 0 amide bonds. The largest absolute Gasteiger partial charge is 0.493 e. The fourth-order valence-corrected chi connectivity index (χ4v) is 2.40. The van der Waals surface area contributed by atoms with E-state index in [0.717, 1.165) is 22.2 Å². The molecule has 3 heteroatoms. The molecule has 0 aliphatic carbocycles. The average molecular weight is 293 g/mol. The molecular weight excluding hydrogens is 274 g/mol. The van der Waals surface area contributed by atoms with Crippen molar-refractivity contribution in [2.75, 3.05) is 11.9 Å². The molecular formula is C19H19NO2. The molecule has 0 bridgehead atoms. The summed E-state index contributed by atoms with van der Waals surface area (Å²) in [7, 11) is 0. The van der Waals surface area contributed by atoms with Gasteiger partial charge in [-0.3, -0.25) is 0 Å². The number of rotatable bonds is 6. The van der Waals surface area contributed by atoms with E-state index in [1.54, 1.807) is 0 Å². The average Bonchev–Trinajstić information content (AvgIpc) is 2.56. The zero-order valence-corrected chi connectivity index (χ0v) is 12.3. The zero-order valence-electron chi connectivity index (χ0n) is 12.3. The van der Waals surface area contributed by atoms with Crippen molar-refractivity contribution in [1.29, 1.82) is 0 Å². The van der Waals surface area contributed by atoms with E-state index in [4.69, 9.17) is 4.74 Å². The summed E-state index contributed by atoms with van der Waals surface area (Å²) < 4.78 is 5.83. The summed E-state index contributed by atoms with van der Waals surface area (Å²) >= 11 is 0. The van der Waals surface area contributed by atoms with Crippen molar-refractivity contribution in [3.05, 3.63) is 72.8 Å². The normalized spacial score (nSPS) is 12.0. The highest BCUT2D eigenvalue weighted by Crippen LogP contribution is 2.25. The third kappa shape index (κ3) is 3.57. The summed E-state index contributed by atoms with van der Waals surface area (Å²) in [5, 5.41) is 15.3. The number of ether oxygens (including phenoxy) is 1. The summed E-state index contributed by atoms with van der Waals surface area (Å²) in [6.45, 7) is 0.453. The zero-order chi connectivity index (χ0) is 15.2. The monoisotopic (exact) mass is 293 g/mol. The Hall–Kier alpha value is -2.52. The first-order chi connectivity index (χ1) is 10.8. The van der Waals surface area contributed by atoms with Gasteiger partial charge in [-0.05, 0) is 23.6 Å². The second kappa shape index (κ2) is 6.96. The van der Waals surface area contributed by atoms with Crippen LogP contribution in [-0.2, 0) is 0 Å². The Morgan fingerprint density at radius 3 is 2.45 bits per heavy atom. The number of benzene rings is 3. The molecule has 1 atom stereocenters. The van der Waals surface area contributed by atoms with Crippen molar-refractivity contribution in [2.45, 2.75) is 12.6 Å². The van der Waals surface area contributed by atoms with E-state index >= 15 is 0 Å². The van der Waals surface area contributed by atoms with Gasteiger partial charge in [0, 0.05) is 17.5 Å². The molecule has 3 aromatic rings. The van der Waals surface area contributed by atoms with Crippen LogP contribution in [0.5, 0.6) is 5.75 Å². The van der Waals surface area contributed by atoms with Gasteiger partial charge in [0.2, 0.25) is 0 Å². The maximum Gasteiger partial charge on any atom is 0.127 e. The number of nitrogens with one attached hydrogen (secondary N) is 1. The van der Waals surface area contributed by atoms with Gasteiger partial charge in [-0.2, -0.15) is 0 Å². The van der Waals surface area contributed by atoms with Gasteiger partial charge in [-0.25, -0.2) is 0 Å². The fraction of sp³-hybridized carbons (Fsp3) is 0.158. The van der Waals surface area contributed by atoms with Crippen LogP contribution in [0.4, 0.5) is 5.69 Å². The van der Waals surface area contributed by atoms with E-state index in [2.05, 4.69) is 17.4 Å². The molecule has 0 saturated heterocycles. The van der Waals surface area contributed by atoms with E-state index in [0.29, 0.717) is 13.0 Å². The van der Waals surface area contributed by atoms with Gasteiger partial charge in [-0.15, -0.1) is 0 Å². The van der Waals surface area contributed by atoms with Crippen LogP contribution in [0.1, 0.15) is 6.42 Å². The molecule has 0 spiro atoms.